The molecule has 6 nitrogen and oxygen atoms in total. The first kappa shape index (κ1) is 10.8. The largest absolute Gasteiger partial charge is 0.384 e. The van der Waals surface area contributed by atoms with Gasteiger partial charge in [0.2, 0.25) is 11.8 Å². The number of imide groups is 1. The summed E-state index contributed by atoms with van der Waals surface area (Å²) in [5.74, 6) is 0.529. The van der Waals surface area contributed by atoms with Gasteiger partial charge in [0.05, 0.1) is 24.6 Å². The summed E-state index contributed by atoms with van der Waals surface area (Å²) in [5, 5.41) is 6.44. The first-order chi connectivity index (χ1) is 9.16. The summed E-state index contributed by atoms with van der Waals surface area (Å²) < 4.78 is 0. The van der Waals surface area contributed by atoms with E-state index in [2.05, 4.69) is 22.3 Å². The molecule has 98 valence electrons. The first-order valence-electron chi connectivity index (χ1n) is 6.48. The van der Waals surface area contributed by atoms with Gasteiger partial charge < -0.3 is 5.73 Å². The van der Waals surface area contributed by atoms with Gasteiger partial charge in [0.15, 0.2) is 0 Å². The molecule has 19 heavy (non-hydrogen) atoms. The predicted molar refractivity (Wildman–Crippen MR) is 66.3 cm³/mol. The highest BCUT2D eigenvalue weighted by molar-refractivity contribution is 6.06. The highest BCUT2D eigenvalue weighted by Crippen LogP contribution is 2.52. The third-order valence-electron chi connectivity index (χ3n) is 4.64. The molecule has 4 atom stereocenters. The molecule has 1 aromatic rings. The molecule has 2 fully saturated rings. The number of nitrogens with two attached hydrogens (primary N) is 1. The molecule has 2 amide bonds. The minimum absolute atomic E-state index is 0.0487. The monoisotopic (exact) mass is 258 g/mol. The molecule has 2 aliphatic carbocycles. The lowest BCUT2D eigenvalue weighted by molar-refractivity contribution is -0.141. The van der Waals surface area contributed by atoms with Gasteiger partial charge in [-0.25, -0.2) is 0 Å². The fraction of sp³-hybridized carbons (Fsp3) is 0.462. The Morgan fingerprint density at radius 2 is 1.89 bits per heavy atom. The summed E-state index contributed by atoms with van der Waals surface area (Å²) in [5.41, 5.74) is 6.41. The van der Waals surface area contributed by atoms with E-state index in [1.165, 1.54) is 4.90 Å². The van der Waals surface area contributed by atoms with Gasteiger partial charge in [-0.2, -0.15) is 5.10 Å². The number of likely N-dealkylation sites (tertiary alicyclic amines) is 1. The van der Waals surface area contributed by atoms with E-state index in [1.807, 2.05) is 0 Å². The molecular weight excluding hydrogens is 244 g/mol. The van der Waals surface area contributed by atoms with E-state index in [-0.39, 0.29) is 42.0 Å². The summed E-state index contributed by atoms with van der Waals surface area (Å²) in [4.78, 5) is 26.2. The quantitative estimate of drug-likeness (QED) is 0.589. The van der Waals surface area contributed by atoms with E-state index >= 15 is 0 Å². The van der Waals surface area contributed by atoms with Crippen LogP contribution < -0.4 is 5.73 Å². The molecule has 1 saturated carbocycles. The van der Waals surface area contributed by atoms with Crippen LogP contribution in [0.25, 0.3) is 0 Å². The molecule has 2 heterocycles. The second-order valence-electron chi connectivity index (χ2n) is 5.57. The Morgan fingerprint density at radius 1 is 1.26 bits per heavy atom. The van der Waals surface area contributed by atoms with Crippen LogP contribution in [0.15, 0.2) is 18.3 Å². The van der Waals surface area contributed by atoms with E-state index in [0.29, 0.717) is 11.4 Å². The van der Waals surface area contributed by atoms with E-state index < -0.39 is 0 Å². The molecule has 0 spiro atoms. The Hall–Kier alpha value is -2.11. The number of rotatable bonds is 2. The van der Waals surface area contributed by atoms with Crippen LogP contribution in [0.2, 0.25) is 0 Å². The first-order valence-corrected chi connectivity index (χ1v) is 6.48. The average molecular weight is 258 g/mol. The summed E-state index contributed by atoms with van der Waals surface area (Å²) in [6.45, 7) is 0.229. The van der Waals surface area contributed by atoms with Crippen LogP contribution >= 0.6 is 0 Å². The third kappa shape index (κ3) is 1.28. The second kappa shape index (κ2) is 3.46. The SMILES string of the molecule is Nc1[nH]ncc1CN1C(=O)C2C3C=CC(C3)C2C1=O. The Morgan fingerprint density at radius 3 is 2.42 bits per heavy atom. The van der Waals surface area contributed by atoms with Crippen LogP contribution in [0.4, 0.5) is 5.82 Å². The molecule has 6 heteroatoms. The lowest BCUT2D eigenvalue weighted by Gasteiger charge is -2.16. The summed E-state index contributed by atoms with van der Waals surface area (Å²) in [6, 6.07) is 0. The number of amides is 2. The van der Waals surface area contributed by atoms with Crippen LogP contribution in [0.1, 0.15) is 12.0 Å². The standard InChI is InChI=1S/C13H14N4O2/c14-11-8(4-15-16-11)5-17-12(18)9-6-1-2-7(3-6)10(9)13(17)19/h1-2,4,6-7,9-10H,3,5H2,(H3,14,15,16). The maximum absolute atomic E-state index is 12.4. The van der Waals surface area contributed by atoms with E-state index in [0.717, 1.165) is 6.42 Å². The van der Waals surface area contributed by atoms with Gasteiger partial charge in [0.25, 0.3) is 0 Å². The zero-order valence-electron chi connectivity index (χ0n) is 10.2. The van der Waals surface area contributed by atoms with Gasteiger partial charge in [-0.15, -0.1) is 0 Å². The normalized spacial score (nSPS) is 35.5. The van der Waals surface area contributed by atoms with Gasteiger partial charge in [0.1, 0.15) is 5.82 Å². The van der Waals surface area contributed by atoms with Crippen LogP contribution in [-0.4, -0.2) is 26.9 Å². The van der Waals surface area contributed by atoms with Gasteiger partial charge >= 0.3 is 0 Å². The van der Waals surface area contributed by atoms with E-state index in [4.69, 9.17) is 5.73 Å². The number of H-pyrrole nitrogens is 1. The Kier molecular flexibility index (Phi) is 1.97. The lowest BCUT2D eigenvalue weighted by atomic mass is 9.85. The summed E-state index contributed by atoms with van der Waals surface area (Å²) in [6.07, 6.45) is 6.70. The van der Waals surface area contributed by atoms with Crippen molar-refractivity contribution in [3.05, 3.63) is 23.9 Å². The van der Waals surface area contributed by atoms with E-state index in [1.54, 1.807) is 6.20 Å². The number of carbonyl (C=O) groups excluding carboxylic acids is 2. The molecule has 4 rings (SSSR count). The number of nitrogen functional groups attached to an aromatic ring is 1. The van der Waals surface area contributed by atoms with Crippen molar-refractivity contribution in [3.63, 3.8) is 0 Å². The zero-order valence-corrected chi connectivity index (χ0v) is 10.2. The number of nitrogens with one attached hydrogen (secondary N) is 1. The van der Waals surface area contributed by atoms with Crippen molar-refractivity contribution in [1.29, 1.82) is 0 Å². The molecule has 0 aromatic carbocycles. The van der Waals surface area contributed by atoms with E-state index in [9.17, 15) is 9.59 Å². The van der Waals surface area contributed by atoms with Crippen molar-refractivity contribution < 1.29 is 9.59 Å². The number of carbonyl (C=O) groups is 2. The van der Waals surface area contributed by atoms with Crippen molar-refractivity contribution >= 4 is 17.6 Å². The second-order valence-corrected chi connectivity index (χ2v) is 5.57. The maximum Gasteiger partial charge on any atom is 0.234 e. The number of fused-ring (bicyclic) bond motifs is 5. The number of hydrogen-bond acceptors (Lipinski definition) is 4. The number of aromatic nitrogens is 2. The zero-order chi connectivity index (χ0) is 13.1. The van der Waals surface area contributed by atoms with Crippen molar-refractivity contribution in [3.8, 4) is 0 Å². The molecule has 1 saturated heterocycles. The van der Waals surface area contributed by atoms with Crippen LogP contribution in [0, 0.1) is 23.7 Å². The van der Waals surface area contributed by atoms with Crippen LogP contribution in [-0.2, 0) is 16.1 Å². The third-order valence-corrected chi connectivity index (χ3v) is 4.64. The Labute approximate surface area is 109 Å². The Bertz CT molecular complexity index is 576. The highest BCUT2D eigenvalue weighted by atomic mass is 16.2. The highest BCUT2D eigenvalue weighted by Gasteiger charge is 2.59. The van der Waals surface area contributed by atoms with Crippen molar-refractivity contribution in [2.45, 2.75) is 13.0 Å². The number of aromatic amines is 1. The fourth-order valence-corrected chi connectivity index (χ4v) is 3.74. The molecule has 1 aliphatic heterocycles. The van der Waals surface area contributed by atoms with Gasteiger partial charge in [0, 0.05) is 5.56 Å². The predicted octanol–water partition coefficient (Wildman–Crippen LogP) is 0.299. The Balaban J connectivity index is 1.64. The van der Waals surface area contributed by atoms with Crippen molar-refractivity contribution in [2.24, 2.45) is 23.7 Å². The summed E-state index contributed by atoms with van der Waals surface area (Å²) >= 11 is 0. The van der Waals surface area contributed by atoms with Crippen LogP contribution in [0.3, 0.4) is 0 Å². The topological polar surface area (TPSA) is 92.1 Å². The number of anilines is 1. The fourth-order valence-electron chi connectivity index (χ4n) is 3.74. The van der Waals surface area contributed by atoms with Crippen molar-refractivity contribution in [1.82, 2.24) is 15.1 Å². The average Bonchev–Trinajstić information content (AvgIpc) is 3.12. The number of allylic oxidation sites excluding steroid dienone is 2. The van der Waals surface area contributed by atoms with Gasteiger partial charge in [-0.05, 0) is 18.3 Å². The lowest BCUT2D eigenvalue weighted by Crippen LogP contribution is -2.32. The molecule has 0 radical (unpaired) electrons. The number of nitrogens with zero attached hydrogens (tertiary/aromatic N) is 2. The number of hydrogen-bond donors (Lipinski definition) is 2. The molecule has 4 unspecified atom stereocenters. The maximum atomic E-state index is 12.4. The van der Waals surface area contributed by atoms with Crippen molar-refractivity contribution in [2.75, 3.05) is 5.73 Å². The molecule has 2 bridgehead atoms. The van der Waals surface area contributed by atoms with Crippen LogP contribution in [0.5, 0.6) is 0 Å². The smallest absolute Gasteiger partial charge is 0.234 e. The molecule has 3 N–H and O–H groups in total. The molecular formula is C13H14N4O2. The molecule has 3 aliphatic rings. The van der Waals surface area contributed by atoms with Gasteiger partial charge in [-0.1, -0.05) is 12.2 Å². The molecule has 1 aromatic heterocycles. The summed E-state index contributed by atoms with van der Waals surface area (Å²) in [7, 11) is 0. The van der Waals surface area contributed by atoms with Gasteiger partial charge in [-0.3, -0.25) is 19.6 Å². The minimum Gasteiger partial charge on any atom is -0.384 e. The minimum atomic E-state index is -0.143.